The molecule has 1 amide bonds. The molecule has 3 nitrogen and oxygen atoms in total. The Morgan fingerprint density at radius 3 is 2.46 bits per heavy atom. The van der Waals surface area contributed by atoms with Crippen molar-refractivity contribution in [3.63, 3.8) is 0 Å². The third-order valence-corrected chi connectivity index (χ3v) is 1.49. The molecule has 0 heterocycles. The number of hydrogen-bond acceptors (Lipinski definition) is 2. The van der Waals surface area contributed by atoms with E-state index in [0.717, 1.165) is 0 Å². The van der Waals surface area contributed by atoms with Gasteiger partial charge in [-0.05, 0) is 19.1 Å². The highest BCUT2D eigenvalue weighted by molar-refractivity contribution is 5.95. The molecule has 0 aromatic heterocycles. The van der Waals surface area contributed by atoms with Crippen LogP contribution in [0.4, 0.5) is 0 Å². The standard InChI is InChI=1S/C10H9NO2/c1-8(7-12)11-10(13)9-5-3-2-4-6-9/h2-6H,1H3,(H,11,13). The SMILES string of the molecule is CC(=C=O)NC(=O)c1ccccc1. The molecule has 0 aliphatic carbocycles. The maximum absolute atomic E-state index is 11.3. The Labute approximate surface area is 76.1 Å². The van der Waals surface area contributed by atoms with Gasteiger partial charge in [-0.1, -0.05) is 18.2 Å². The predicted molar refractivity (Wildman–Crippen MR) is 48.8 cm³/mol. The summed E-state index contributed by atoms with van der Waals surface area (Å²) in [5.74, 6) is 1.31. The Morgan fingerprint density at radius 1 is 1.31 bits per heavy atom. The van der Waals surface area contributed by atoms with Gasteiger partial charge in [0.2, 0.25) is 0 Å². The van der Waals surface area contributed by atoms with E-state index in [2.05, 4.69) is 5.32 Å². The Bertz CT molecular complexity index is 350. The van der Waals surface area contributed by atoms with Gasteiger partial charge in [-0.15, -0.1) is 0 Å². The normalized spacial score (nSPS) is 8.69. The summed E-state index contributed by atoms with van der Waals surface area (Å²) in [5.41, 5.74) is 0.714. The minimum atomic E-state index is -0.290. The van der Waals surface area contributed by atoms with Gasteiger partial charge in [-0.2, -0.15) is 0 Å². The molecule has 66 valence electrons. The van der Waals surface area contributed by atoms with E-state index >= 15 is 0 Å². The van der Waals surface area contributed by atoms with Crippen molar-refractivity contribution in [1.82, 2.24) is 5.32 Å². The van der Waals surface area contributed by atoms with Gasteiger partial charge in [0.05, 0.1) is 5.70 Å². The quantitative estimate of drug-likeness (QED) is 0.685. The first-order valence-electron chi connectivity index (χ1n) is 3.82. The zero-order valence-electron chi connectivity index (χ0n) is 7.20. The summed E-state index contributed by atoms with van der Waals surface area (Å²) in [6, 6.07) is 8.68. The van der Waals surface area contributed by atoms with Gasteiger partial charge in [-0.3, -0.25) is 4.79 Å². The lowest BCUT2D eigenvalue weighted by molar-refractivity contribution is 0.0966. The molecule has 1 N–H and O–H groups in total. The third kappa shape index (κ3) is 2.58. The fraction of sp³-hybridized carbons (Fsp3) is 0.100. The van der Waals surface area contributed by atoms with Gasteiger partial charge < -0.3 is 5.32 Å². The minimum Gasteiger partial charge on any atom is -0.316 e. The second-order valence-corrected chi connectivity index (χ2v) is 2.55. The van der Waals surface area contributed by atoms with Gasteiger partial charge >= 0.3 is 0 Å². The fourth-order valence-corrected chi connectivity index (χ4v) is 0.858. The summed E-state index contributed by atoms with van der Waals surface area (Å²) in [6.07, 6.45) is 0. The van der Waals surface area contributed by atoms with Crippen LogP contribution in [0.1, 0.15) is 17.3 Å². The van der Waals surface area contributed by atoms with Gasteiger partial charge in [0.25, 0.3) is 5.91 Å². The molecule has 3 heteroatoms. The highest BCUT2D eigenvalue weighted by Gasteiger charge is 2.03. The lowest BCUT2D eigenvalue weighted by Gasteiger charge is -2.00. The van der Waals surface area contributed by atoms with Crippen molar-refractivity contribution in [3.8, 4) is 0 Å². The molecule has 0 bridgehead atoms. The van der Waals surface area contributed by atoms with E-state index in [1.54, 1.807) is 30.2 Å². The number of hydrogen-bond donors (Lipinski definition) is 1. The van der Waals surface area contributed by atoms with Gasteiger partial charge in [0.15, 0.2) is 0 Å². The second kappa shape index (κ2) is 4.24. The molecule has 0 fully saturated rings. The number of rotatable bonds is 2. The number of carbonyl (C=O) groups is 1. The van der Waals surface area contributed by atoms with Crippen LogP contribution in [0, 0.1) is 0 Å². The Kier molecular flexibility index (Phi) is 3.01. The van der Waals surface area contributed by atoms with Crippen molar-refractivity contribution >= 4 is 11.8 Å². The number of amides is 1. The minimum absolute atomic E-state index is 0.189. The van der Waals surface area contributed by atoms with Crippen LogP contribution < -0.4 is 5.32 Å². The lowest BCUT2D eigenvalue weighted by atomic mass is 10.2. The van der Waals surface area contributed by atoms with E-state index in [0.29, 0.717) is 5.56 Å². The largest absolute Gasteiger partial charge is 0.316 e. The molecule has 1 rings (SSSR count). The zero-order chi connectivity index (χ0) is 9.68. The first kappa shape index (κ1) is 9.23. The summed E-state index contributed by atoms with van der Waals surface area (Å²) in [7, 11) is 0. The van der Waals surface area contributed by atoms with E-state index < -0.39 is 0 Å². The topological polar surface area (TPSA) is 46.2 Å². The summed E-state index contributed by atoms with van der Waals surface area (Å²) < 4.78 is 0. The monoisotopic (exact) mass is 175 g/mol. The van der Waals surface area contributed by atoms with Crippen LogP contribution in [0.15, 0.2) is 36.0 Å². The molecule has 0 radical (unpaired) electrons. The summed E-state index contributed by atoms with van der Waals surface area (Å²) in [6.45, 7) is 1.49. The molecule has 13 heavy (non-hydrogen) atoms. The maximum Gasteiger partial charge on any atom is 0.255 e. The van der Waals surface area contributed by atoms with Crippen molar-refractivity contribution < 1.29 is 9.59 Å². The van der Waals surface area contributed by atoms with E-state index in [-0.39, 0.29) is 11.6 Å². The summed E-state index contributed by atoms with van der Waals surface area (Å²) >= 11 is 0. The number of carbonyl (C=O) groups excluding carboxylic acids is 2. The Balaban J connectivity index is 2.76. The van der Waals surface area contributed by atoms with E-state index in [4.69, 9.17) is 0 Å². The molecule has 1 aromatic rings. The smallest absolute Gasteiger partial charge is 0.255 e. The molecule has 0 aliphatic heterocycles. The third-order valence-electron chi connectivity index (χ3n) is 1.49. The first-order chi connectivity index (χ1) is 6.24. The Hall–Kier alpha value is -1.86. The first-order valence-corrected chi connectivity index (χ1v) is 3.82. The van der Waals surface area contributed by atoms with Crippen LogP contribution in [0.5, 0.6) is 0 Å². The van der Waals surface area contributed by atoms with Crippen LogP contribution in [-0.2, 0) is 4.79 Å². The van der Waals surface area contributed by atoms with Gasteiger partial charge in [0, 0.05) is 5.56 Å². The van der Waals surface area contributed by atoms with Crippen molar-refractivity contribution in [2.45, 2.75) is 6.92 Å². The zero-order valence-corrected chi connectivity index (χ0v) is 7.20. The van der Waals surface area contributed by atoms with Crippen molar-refractivity contribution in [3.05, 3.63) is 41.6 Å². The maximum atomic E-state index is 11.3. The highest BCUT2D eigenvalue weighted by Crippen LogP contribution is 1.98. The van der Waals surface area contributed by atoms with E-state index in [9.17, 15) is 9.59 Å². The number of nitrogens with one attached hydrogen (secondary N) is 1. The van der Waals surface area contributed by atoms with E-state index in [1.165, 1.54) is 6.92 Å². The molecule has 0 atom stereocenters. The molecule has 0 saturated heterocycles. The van der Waals surface area contributed by atoms with E-state index in [1.807, 2.05) is 6.07 Å². The number of allylic oxidation sites excluding steroid dienone is 1. The second-order valence-electron chi connectivity index (χ2n) is 2.55. The fourth-order valence-electron chi connectivity index (χ4n) is 0.858. The highest BCUT2D eigenvalue weighted by atomic mass is 16.2. The van der Waals surface area contributed by atoms with Gasteiger partial charge in [-0.25, -0.2) is 4.79 Å². The molecule has 1 aromatic carbocycles. The molecule has 0 saturated carbocycles. The van der Waals surface area contributed by atoms with Gasteiger partial charge in [0.1, 0.15) is 5.94 Å². The molecular weight excluding hydrogens is 166 g/mol. The molecular formula is C10H9NO2. The predicted octanol–water partition coefficient (Wildman–Crippen LogP) is 1.15. The van der Waals surface area contributed by atoms with Crippen molar-refractivity contribution in [1.29, 1.82) is 0 Å². The lowest BCUT2D eigenvalue weighted by Crippen LogP contribution is -2.21. The summed E-state index contributed by atoms with van der Waals surface area (Å²) in [4.78, 5) is 21.4. The summed E-state index contributed by atoms with van der Waals surface area (Å²) in [5, 5.41) is 2.40. The van der Waals surface area contributed by atoms with Crippen LogP contribution >= 0.6 is 0 Å². The molecule has 0 spiro atoms. The Morgan fingerprint density at radius 2 is 1.92 bits per heavy atom. The molecule has 0 unspecified atom stereocenters. The van der Waals surface area contributed by atoms with Crippen molar-refractivity contribution in [2.75, 3.05) is 0 Å². The van der Waals surface area contributed by atoms with Crippen LogP contribution in [0.2, 0.25) is 0 Å². The average Bonchev–Trinajstić information content (AvgIpc) is 2.19. The average molecular weight is 175 g/mol. The van der Waals surface area contributed by atoms with Crippen LogP contribution in [0.3, 0.4) is 0 Å². The van der Waals surface area contributed by atoms with Crippen LogP contribution in [-0.4, -0.2) is 11.8 Å². The van der Waals surface area contributed by atoms with Crippen molar-refractivity contribution in [2.24, 2.45) is 0 Å². The van der Waals surface area contributed by atoms with Crippen LogP contribution in [0.25, 0.3) is 0 Å². The molecule has 0 aliphatic rings. The number of benzene rings is 1.